The molecule has 0 bridgehead atoms. The van der Waals surface area contributed by atoms with Crippen LogP contribution in [0.1, 0.15) is 12.7 Å². The van der Waals surface area contributed by atoms with Gasteiger partial charge in [-0.15, -0.1) is 0 Å². The molecule has 4 nitrogen and oxygen atoms in total. The Balaban J connectivity index is 2.50. The largest absolute Gasteiger partial charge is 0.494 e. The molecule has 1 aromatic carbocycles. The number of rotatable bonds is 4. The number of hydrogen-bond acceptors (Lipinski definition) is 4. The van der Waals surface area contributed by atoms with Crippen LogP contribution >= 0.6 is 0 Å². The van der Waals surface area contributed by atoms with E-state index in [9.17, 15) is 9.00 Å². The predicted octanol–water partition coefficient (Wildman–Crippen LogP) is 2.54. The molecular formula is C14H14O4S. The summed E-state index contributed by atoms with van der Waals surface area (Å²) in [6.45, 7) is 2.42. The molecule has 19 heavy (non-hydrogen) atoms. The highest BCUT2D eigenvalue weighted by Crippen LogP contribution is 2.19. The lowest BCUT2D eigenvalue weighted by Crippen LogP contribution is -2.01. The molecule has 0 aliphatic heterocycles. The van der Waals surface area contributed by atoms with Crippen LogP contribution in [-0.4, -0.2) is 17.1 Å². The smallest absolute Gasteiger partial charge is 0.193 e. The second-order valence-corrected chi connectivity index (χ2v) is 5.17. The molecule has 2 aromatic rings. The minimum absolute atomic E-state index is 0.149. The third-order valence-corrected chi connectivity index (χ3v) is 2.97. The molecule has 1 aromatic heterocycles. The Labute approximate surface area is 113 Å². The highest BCUT2D eigenvalue weighted by molar-refractivity contribution is 7.87. The lowest BCUT2D eigenvalue weighted by atomic mass is 10.2. The number of fused-ring (bicyclic) bond motifs is 1. The summed E-state index contributed by atoms with van der Waals surface area (Å²) >= 11 is 0. The maximum atomic E-state index is 12.0. The average molecular weight is 278 g/mol. The molecule has 1 heterocycles. The van der Waals surface area contributed by atoms with E-state index in [1.165, 1.54) is 17.6 Å². The zero-order valence-electron chi connectivity index (χ0n) is 10.7. The molecule has 0 saturated heterocycles. The van der Waals surface area contributed by atoms with Crippen molar-refractivity contribution in [2.75, 3.05) is 12.9 Å². The summed E-state index contributed by atoms with van der Waals surface area (Å²) in [5.74, 6) is 1.03. The van der Waals surface area contributed by atoms with Gasteiger partial charge in [-0.2, -0.15) is 0 Å². The van der Waals surface area contributed by atoms with Crippen LogP contribution in [0.2, 0.25) is 0 Å². The van der Waals surface area contributed by atoms with E-state index in [2.05, 4.69) is 0 Å². The lowest BCUT2D eigenvalue weighted by Gasteiger charge is -2.04. The van der Waals surface area contributed by atoms with E-state index >= 15 is 0 Å². The highest BCUT2D eigenvalue weighted by Gasteiger charge is 2.05. The van der Waals surface area contributed by atoms with Crippen molar-refractivity contribution in [3.8, 4) is 5.75 Å². The van der Waals surface area contributed by atoms with Gasteiger partial charge in [-0.1, -0.05) is 0 Å². The van der Waals surface area contributed by atoms with E-state index in [-0.39, 0.29) is 5.43 Å². The van der Waals surface area contributed by atoms with E-state index in [1.807, 2.05) is 6.92 Å². The summed E-state index contributed by atoms with van der Waals surface area (Å²) < 4.78 is 21.9. The fraction of sp³-hybridized carbons (Fsp3) is 0.214. The fourth-order valence-electron chi connectivity index (χ4n) is 1.66. The first-order valence-corrected chi connectivity index (χ1v) is 7.43. The molecule has 0 radical (unpaired) electrons. The second kappa shape index (κ2) is 5.84. The van der Waals surface area contributed by atoms with Crippen LogP contribution in [0.5, 0.6) is 5.75 Å². The number of ether oxygens (including phenoxy) is 1. The summed E-state index contributed by atoms with van der Waals surface area (Å²) in [4.78, 5) is 12.0. The maximum Gasteiger partial charge on any atom is 0.193 e. The molecule has 1 atom stereocenters. The molecule has 0 N–H and O–H groups in total. The maximum absolute atomic E-state index is 12.0. The Hall–Kier alpha value is -1.88. The van der Waals surface area contributed by atoms with Gasteiger partial charge in [-0.3, -0.25) is 9.00 Å². The first-order chi connectivity index (χ1) is 9.10. The summed E-state index contributed by atoms with van der Waals surface area (Å²) in [7, 11) is -1.08. The van der Waals surface area contributed by atoms with Gasteiger partial charge in [0, 0.05) is 28.5 Å². The van der Waals surface area contributed by atoms with Crippen molar-refractivity contribution in [3.05, 3.63) is 45.7 Å². The summed E-state index contributed by atoms with van der Waals surface area (Å²) in [5.41, 5.74) is 0.335. The van der Waals surface area contributed by atoms with Crippen molar-refractivity contribution >= 4 is 27.8 Å². The molecule has 0 aliphatic carbocycles. The molecular weight excluding hydrogens is 264 g/mol. The predicted molar refractivity (Wildman–Crippen MR) is 76.8 cm³/mol. The van der Waals surface area contributed by atoms with Crippen molar-refractivity contribution in [2.45, 2.75) is 6.92 Å². The van der Waals surface area contributed by atoms with Crippen LogP contribution in [0.3, 0.4) is 0 Å². The van der Waals surface area contributed by atoms with E-state index in [0.29, 0.717) is 29.1 Å². The van der Waals surface area contributed by atoms with Gasteiger partial charge in [-0.25, -0.2) is 0 Å². The molecule has 0 fully saturated rings. The lowest BCUT2D eigenvalue weighted by molar-refractivity contribution is 0.340. The molecule has 1 unspecified atom stereocenters. The monoisotopic (exact) mass is 278 g/mol. The van der Waals surface area contributed by atoms with Gasteiger partial charge in [-0.05, 0) is 31.2 Å². The van der Waals surface area contributed by atoms with Gasteiger partial charge in [0.25, 0.3) is 0 Å². The Morgan fingerprint density at radius 3 is 2.84 bits per heavy atom. The molecule has 0 aliphatic rings. The van der Waals surface area contributed by atoms with Crippen LogP contribution < -0.4 is 10.2 Å². The zero-order valence-corrected chi connectivity index (χ0v) is 11.5. The third kappa shape index (κ3) is 3.32. The van der Waals surface area contributed by atoms with Gasteiger partial charge < -0.3 is 9.15 Å². The summed E-state index contributed by atoms with van der Waals surface area (Å²) in [6, 6.07) is 6.49. The molecule has 0 spiro atoms. The van der Waals surface area contributed by atoms with Crippen molar-refractivity contribution < 1.29 is 13.4 Å². The molecule has 0 amide bonds. The average Bonchev–Trinajstić information content (AvgIpc) is 2.37. The van der Waals surface area contributed by atoms with Gasteiger partial charge in [0.1, 0.15) is 17.1 Å². The molecule has 100 valence electrons. The minimum Gasteiger partial charge on any atom is -0.494 e. The van der Waals surface area contributed by atoms with Gasteiger partial charge >= 0.3 is 0 Å². The molecule has 5 heteroatoms. The third-order valence-electron chi connectivity index (χ3n) is 2.45. The van der Waals surface area contributed by atoms with E-state index in [0.717, 1.165) is 0 Å². The van der Waals surface area contributed by atoms with Crippen LogP contribution in [-0.2, 0) is 10.8 Å². The van der Waals surface area contributed by atoms with Gasteiger partial charge in [0.15, 0.2) is 5.43 Å². The quantitative estimate of drug-likeness (QED) is 0.862. The normalized spacial score (nSPS) is 12.9. The van der Waals surface area contributed by atoms with Crippen molar-refractivity contribution in [1.82, 2.24) is 0 Å². The first-order valence-electron chi connectivity index (χ1n) is 5.81. The van der Waals surface area contributed by atoms with Crippen LogP contribution in [0.15, 0.2) is 38.9 Å². The van der Waals surface area contributed by atoms with Gasteiger partial charge in [0.2, 0.25) is 0 Å². The molecule has 0 saturated carbocycles. The van der Waals surface area contributed by atoms with E-state index in [4.69, 9.17) is 9.15 Å². The van der Waals surface area contributed by atoms with E-state index in [1.54, 1.807) is 24.5 Å². The number of benzene rings is 1. The Morgan fingerprint density at radius 2 is 2.16 bits per heavy atom. The topological polar surface area (TPSA) is 56.5 Å². The van der Waals surface area contributed by atoms with E-state index < -0.39 is 10.8 Å². The minimum atomic E-state index is -1.08. The number of hydrogen-bond donors (Lipinski definition) is 0. The Bertz CT molecular complexity index is 700. The van der Waals surface area contributed by atoms with Gasteiger partial charge in [0.05, 0.1) is 12.0 Å². The summed E-state index contributed by atoms with van der Waals surface area (Å²) in [6.07, 6.45) is 3.08. The zero-order chi connectivity index (χ0) is 13.8. The van der Waals surface area contributed by atoms with Crippen molar-refractivity contribution in [1.29, 1.82) is 0 Å². The van der Waals surface area contributed by atoms with Crippen LogP contribution in [0.25, 0.3) is 17.0 Å². The SMILES string of the molecule is CCOc1ccc2oc(/C=C/S(C)=O)cc(=O)c2c1. The second-order valence-electron chi connectivity index (χ2n) is 3.91. The summed E-state index contributed by atoms with van der Waals surface area (Å²) in [5, 5.41) is 1.94. The Kier molecular flexibility index (Phi) is 4.16. The highest BCUT2D eigenvalue weighted by atomic mass is 32.2. The first kappa shape index (κ1) is 13.5. The molecule has 2 rings (SSSR count). The van der Waals surface area contributed by atoms with Crippen molar-refractivity contribution in [2.24, 2.45) is 0 Å². The fourth-order valence-corrected chi connectivity index (χ4v) is 1.98. The van der Waals surface area contributed by atoms with Crippen molar-refractivity contribution in [3.63, 3.8) is 0 Å². The van der Waals surface area contributed by atoms with Crippen LogP contribution in [0.4, 0.5) is 0 Å². The Morgan fingerprint density at radius 1 is 1.37 bits per heavy atom. The van der Waals surface area contributed by atoms with Crippen LogP contribution in [0, 0.1) is 0 Å². The standard InChI is InChI=1S/C14H14O4S/c1-3-17-10-4-5-14-12(8-10)13(15)9-11(18-14)6-7-19(2)16/h4-9H,3H2,1-2H3/b7-6+.